The second-order valence-electron chi connectivity index (χ2n) is 8.26. The van der Waals surface area contributed by atoms with E-state index in [0.29, 0.717) is 19.3 Å². The fourth-order valence-electron chi connectivity index (χ4n) is 4.54. The van der Waals surface area contributed by atoms with Crippen LogP contribution in [0.1, 0.15) is 30.2 Å². The van der Waals surface area contributed by atoms with Crippen LogP contribution >= 0.6 is 11.3 Å². The van der Waals surface area contributed by atoms with Crippen LogP contribution in [-0.4, -0.2) is 73.7 Å². The van der Waals surface area contributed by atoms with Gasteiger partial charge in [0.1, 0.15) is 17.2 Å². The molecule has 30 heavy (non-hydrogen) atoms. The van der Waals surface area contributed by atoms with E-state index >= 15 is 0 Å². The highest BCUT2D eigenvalue weighted by molar-refractivity contribution is 7.18. The first-order valence-electron chi connectivity index (χ1n) is 11.0. The van der Waals surface area contributed by atoms with Gasteiger partial charge in [0.2, 0.25) is 5.91 Å². The second kappa shape index (κ2) is 9.25. The SMILES string of the molecule is O=C1NC(N2CCOCC2)NC(NCC2CCCCN2)C1c1nc2ccccc2s1. The Hall–Kier alpha value is -1.62. The minimum Gasteiger partial charge on any atom is -0.379 e. The van der Waals surface area contributed by atoms with Crippen molar-refractivity contribution in [1.82, 2.24) is 31.2 Å². The van der Waals surface area contributed by atoms with E-state index in [2.05, 4.69) is 32.2 Å². The number of carbonyl (C=O) groups is 1. The number of rotatable bonds is 5. The quantitative estimate of drug-likeness (QED) is 0.557. The Balaban J connectivity index is 1.37. The lowest BCUT2D eigenvalue weighted by atomic mass is 10.0. The van der Waals surface area contributed by atoms with Gasteiger partial charge in [0.05, 0.1) is 29.6 Å². The van der Waals surface area contributed by atoms with Crippen LogP contribution < -0.4 is 21.3 Å². The first-order valence-corrected chi connectivity index (χ1v) is 11.8. The first-order chi connectivity index (χ1) is 14.8. The molecule has 8 nitrogen and oxygen atoms in total. The predicted molar refractivity (Wildman–Crippen MR) is 117 cm³/mol. The molecule has 4 unspecified atom stereocenters. The number of nitrogens with zero attached hydrogens (tertiary/aromatic N) is 2. The number of thiazole rings is 1. The molecule has 3 fully saturated rings. The molecule has 4 heterocycles. The minimum atomic E-state index is -0.358. The largest absolute Gasteiger partial charge is 0.379 e. The normalized spacial score (nSPS) is 31.0. The number of amides is 1. The van der Waals surface area contributed by atoms with Crippen LogP contribution in [0, 0.1) is 0 Å². The molecule has 4 atom stereocenters. The summed E-state index contributed by atoms with van der Waals surface area (Å²) in [5.74, 6) is -0.332. The summed E-state index contributed by atoms with van der Waals surface area (Å²) in [7, 11) is 0. The number of fused-ring (bicyclic) bond motifs is 1. The van der Waals surface area contributed by atoms with Gasteiger partial charge in [-0.15, -0.1) is 11.3 Å². The molecule has 3 saturated heterocycles. The number of hydrogen-bond donors (Lipinski definition) is 4. The van der Waals surface area contributed by atoms with Crippen molar-refractivity contribution in [3.63, 3.8) is 0 Å². The molecule has 4 N–H and O–H groups in total. The summed E-state index contributed by atoms with van der Waals surface area (Å²) in [6.45, 7) is 4.91. The fourth-order valence-corrected chi connectivity index (χ4v) is 5.64. The maximum Gasteiger partial charge on any atom is 0.235 e. The molecule has 3 aliphatic heterocycles. The molecular formula is C21H30N6O2S. The van der Waals surface area contributed by atoms with Crippen molar-refractivity contribution in [2.75, 3.05) is 39.4 Å². The van der Waals surface area contributed by atoms with E-state index in [9.17, 15) is 4.79 Å². The Morgan fingerprint density at radius 3 is 2.90 bits per heavy atom. The summed E-state index contributed by atoms with van der Waals surface area (Å²) < 4.78 is 6.59. The molecule has 5 rings (SSSR count). The first kappa shape index (κ1) is 20.3. The molecule has 1 aromatic carbocycles. The van der Waals surface area contributed by atoms with Crippen molar-refractivity contribution in [2.45, 2.75) is 43.7 Å². The van der Waals surface area contributed by atoms with Gasteiger partial charge in [-0.2, -0.15) is 0 Å². The van der Waals surface area contributed by atoms with Gasteiger partial charge in [-0.3, -0.25) is 20.3 Å². The van der Waals surface area contributed by atoms with E-state index in [4.69, 9.17) is 9.72 Å². The maximum absolute atomic E-state index is 13.3. The molecule has 9 heteroatoms. The smallest absolute Gasteiger partial charge is 0.235 e. The van der Waals surface area contributed by atoms with Crippen LogP contribution in [0.15, 0.2) is 24.3 Å². The molecule has 0 aliphatic carbocycles. The van der Waals surface area contributed by atoms with Gasteiger partial charge in [0.25, 0.3) is 0 Å². The number of benzene rings is 1. The highest BCUT2D eigenvalue weighted by Crippen LogP contribution is 2.31. The van der Waals surface area contributed by atoms with Gasteiger partial charge in [-0.05, 0) is 31.5 Å². The highest BCUT2D eigenvalue weighted by Gasteiger charge is 2.41. The zero-order valence-electron chi connectivity index (χ0n) is 17.1. The molecule has 0 bridgehead atoms. The standard InChI is InChI=1S/C21H30N6O2S/c28-19-17(20-24-15-6-1-2-7-16(15)30-20)18(23-13-14-5-3-4-8-22-14)25-21(26-19)27-9-11-29-12-10-27/h1-2,6-7,14,17-18,21-23,25H,3-5,8-13H2,(H,26,28). The van der Waals surface area contributed by atoms with Crippen molar-refractivity contribution >= 4 is 27.5 Å². The number of morpholine rings is 1. The Labute approximate surface area is 180 Å². The van der Waals surface area contributed by atoms with Crippen molar-refractivity contribution in [3.8, 4) is 0 Å². The molecule has 0 saturated carbocycles. The monoisotopic (exact) mass is 430 g/mol. The summed E-state index contributed by atoms with van der Waals surface area (Å²) >= 11 is 1.61. The number of nitrogens with one attached hydrogen (secondary N) is 4. The molecule has 0 radical (unpaired) electrons. The lowest BCUT2D eigenvalue weighted by Gasteiger charge is -2.43. The molecule has 1 aromatic heterocycles. The van der Waals surface area contributed by atoms with Gasteiger partial charge in [0.15, 0.2) is 0 Å². The summed E-state index contributed by atoms with van der Waals surface area (Å²) in [6, 6.07) is 8.53. The number of ether oxygens (including phenoxy) is 1. The molecule has 2 aromatic rings. The number of hydrogen-bond acceptors (Lipinski definition) is 8. The average Bonchev–Trinajstić information content (AvgIpc) is 3.22. The van der Waals surface area contributed by atoms with Gasteiger partial charge in [-0.1, -0.05) is 18.6 Å². The van der Waals surface area contributed by atoms with Gasteiger partial charge >= 0.3 is 0 Å². The van der Waals surface area contributed by atoms with Crippen LogP contribution in [0.25, 0.3) is 10.2 Å². The summed E-state index contributed by atoms with van der Waals surface area (Å²) in [4.78, 5) is 20.3. The Bertz CT molecular complexity index is 831. The van der Waals surface area contributed by atoms with Crippen molar-refractivity contribution < 1.29 is 9.53 Å². The second-order valence-corrected chi connectivity index (χ2v) is 9.32. The number of piperidine rings is 1. The minimum absolute atomic E-state index is 0.0263. The Morgan fingerprint density at radius 1 is 1.23 bits per heavy atom. The Kier molecular flexibility index (Phi) is 6.26. The van der Waals surface area contributed by atoms with E-state index in [0.717, 1.165) is 41.4 Å². The zero-order valence-corrected chi connectivity index (χ0v) is 17.9. The van der Waals surface area contributed by atoms with E-state index < -0.39 is 0 Å². The van der Waals surface area contributed by atoms with E-state index in [-0.39, 0.29) is 24.3 Å². The van der Waals surface area contributed by atoms with Crippen molar-refractivity contribution in [3.05, 3.63) is 29.3 Å². The van der Waals surface area contributed by atoms with Crippen LogP contribution in [-0.2, 0) is 9.53 Å². The van der Waals surface area contributed by atoms with Crippen LogP contribution in [0.4, 0.5) is 0 Å². The molecule has 3 aliphatic rings. The molecular weight excluding hydrogens is 400 g/mol. The maximum atomic E-state index is 13.3. The highest BCUT2D eigenvalue weighted by atomic mass is 32.1. The van der Waals surface area contributed by atoms with Crippen LogP contribution in [0.3, 0.4) is 0 Å². The zero-order chi connectivity index (χ0) is 20.3. The van der Waals surface area contributed by atoms with E-state index in [1.807, 2.05) is 18.2 Å². The number of para-hydroxylation sites is 1. The third-order valence-corrected chi connectivity index (χ3v) is 7.34. The van der Waals surface area contributed by atoms with Crippen molar-refractivity contribution in [1.29, 1.82) is 0 Å². The molecule has 1 amide bonds. The van der Waals surface area contributed by atoms with Gasteiger partial charge in [-0.25, -0.2) is 4.98 Å². The Morgan fingerprint density at radius 2 is 2.10 bits per heavy atom. The summed E-state index contributed by atoms with van der Waals surface area (Å²) in [5.41, 5.74) is 0.952. The topological polar surface area (TPSA) is 90.6 Å². The van der Waals surface area contributed by atoms with E-state index in [1.165, 1.54) is 19.3 Å². The van der Waals surface area contributed by atoms with Crippen LogP contribution in [0.2, 0.25) is 0 Å². The third kappa shape index (κ3) is 4.37. The lowest BCUT2D eigenvalue weighted by Crippen LogP contribution is -2.71. The van der Waals surface area contributed by atoms with Crippen molar-refractivity contribution in [2.24, 2.45) is 0 Å². The number of aromatic nitrogens is 1. The average molecular weight is 431 g/mol. The summed E-state index contributed by atoms with van der Waals surface area (Å²) in [6.07, 6.45) is 3.31. The predicted octanol–water partition coefficient (Wildman–Crippen LogP) is 0.773. The third-order valence-electron chi connectivity index (χ3n) is 6.22. The van der Waals surface area contributed by atoms with Crippen LogP contribution in [0.5, 0.6) is 0 Å². The van der Waals surface area contributed by atoms with E-state index in [1.54, 1.807) is 11.3 Å². The lowest BCUT2D eigenvalue weighted by molar-refractivity contribution is -0.131. The van der Waals surface area contributed by atoms with Gasteiger partial charge in [0, 0.05) is 25.7 Å². The molecule has 0 spiro atoms. The fraction of sp³-hybridized carbons (Fsp3) is 0.619. The van der Waals surface area contributed by atoms with Gasteiger partial charge < -0.3 is 15.4 Å². The number of carbonyl (C=O) groups excluding carboxylic acids is 1. The summed E-state index contributed by atoms with van der Waals surface area (Å²) in [5, 5.41) is 14.9. The molecule has 162 valence electrons.